The fourth-order valence-electron chi connectivity index (χ4n) is 1.79. The van der Waals surface area contributed by atoms with Crippen molar-refractivity contribution in [2.75, 3.05) is 14.1 Å². The summed E-state index contributed by atoms with van der Waals surface area (Å²) in [4.78, 5) is 29.9. The van der Waals surface area contributed by atoms with Crippen molar-refractivity contribution in [1.82, 2.24) is 9.80 Å². The standard InChI is InChI=1S/C10H12N4O2/c1-5-4-12-8-6(7(5)11)9(15)14(3)10(16)13(8)2/h4,6,11H,1-3H3. The number of nitrogens with zero attached hydrogens (tertiary/aromatic N) is 3. The van der Waals surface area contributed by atoms with E-state index in [4.69, 9.17) is 5.41 Å². The summed E-state index contributed by atoms with van der Waals surface area (Å²) < 4.78 is 0. The minimum atomic E-state index is -0.738. The Morgan fingerprint density at radius 3 is 2.56 bits per heavy atom. The molecule has 0 saturated carbocycles. The SMILES string of the molecule is CC1=CN=C2C(C1=N)C(=O)N(C)C(=O)N2C. The van der Waals surface area contributed by atoms with Crippen molar-refractivity contribution in [2.45, 2.75) is 6.92 Å². The fraction of sp³-hybridized carbons (Fsp3) is 0.400. The van der Waals surface area contributed by atoms with E-state index in [1.54, 1.807) is 14.0 Å². The van der Waals surface area contributed by atoms with E-state index in [1.807, 2.05) is 0 Å². The number of hydrogen-bond donors (Lipinski definition) is 1. The number of amidine groups is 1. The smallest absolute Gasteiger partial charge is 0.304 e. The molecule has 1 unspecified atom stereocenters. The molecule has 1 fully saturated rings. The Morgan fingerprint density at radius 1 is 1.31 bits per heavy atom. The molecule has 0 aliphatic carbocycles. The van der Waals surface area contributed by atoms with Gasteiger partial charge >= 0.3 is 6.03 Å². The lowest BCUT2D eigenvalue weighted by Gasteiger charge is -2.37. The van der Waals surface area contributed by atoms with Crippen LogP contribution in [0.5, 0.6) is 0 Å². The topological polar surface area (TPSA) is 76.8 Å². The van der Waals surface area contributed by atoms with Crippen LogP contribution in [0.25, 0.3) is 0 Å². The van der Waals surface area contributed by atoms with Crippen LogP contribution in [0, 0.1) is 11.3 Å². The number of carbonyl (C=O) groups is 2. The maximum Gasteiger partial charge on any atom is 0.331 e. The number of allylic oxidation sites excluding steroid dienone is 1. The summed E-state index contributed by atoms with van der Waals surface area (Å²) in [7, 11) is 2.97. The van der Waals surface area contributed by atoms with Gasteiger partial charge in [0, 0.05) is 20.3 Å². The Hall–Kier alpha value is -1.98. The summed E-state index contributed by atoms with van der Waals surface area (Å²) in [6, 6.07) is -0.416. The summed E-state index contributed by atoms with van der Waals surface area (Å²) in [5.41, 5.74) is 0.861. The molecule has 6 heteroatoms. The molecule has 0 spiro atoms. The number of imide groups is 1. The molecule has 2 rings (SSSR count). The second-order valence-electron chi connectivity index (χ2n) is 3.88. The zero-order valence-corrected chi connectivity index (χ0v) is 9.31. The highest BCUT2D eigenvalue weighted by Crippen LogP contribution is 2.23. The van der Waals surface area contributed by atoms with Gasteiger partial charge in [-0.1, -0.05) is 0 Å². The summed E-state index contributed by atoms with van der Waals surface area (Å²) in [6.07, 6.45) is 1.51. The van der Waals surface area contributed by atoms with E-state index in [0.29, 0.717) is 11.4 Å². The fourth-order valence-corrected chi connectivity index (χ4v) is 1.79. The van der Waals surface area contributed by atoms with Crippen LogP contribution < -0.4 is 0 Å². The highest BCUT2D eigenvalue weighted by molar-refractivity contribution is 6.32. The molecule has 0 aromatic rings. The molecule has 3 amide bonds. The second-order valence-corrected chi connectivity index (χ2v) is 3.88. The van der Waals surface area contributed by atoms with Gasteiger partial charge in [-0.2, -0.15) is 0 Å². The first-order valence-electron chi connectivity index (χ1n) is 4.83. The van der Waals surface area contributed by atoms with Crippen molar-refractivity contribution in [3.8, 4) is 0 Å². The molecule has 2 aliphatic rings. The minimum Gasteiger partial charge on any atom is -0.304 e. The lowest BCUT2D eigenvalue weighted by molar-refractivity contribution is -0.128. The van der Waals surface area contributed by atoms with Crippen molar-refractivity contribution in [3.05, 3.63) is 11.8 Å². The van der Waals surface area contributed by atoms with Crippen LogP contribution in [-0.4, -0.2) is 47.4 Å². The molecular formula is C10H12N4O2. The monoisotopic (exact) mass is 220 g/mol. The normalized spacial score (nSPS) is 25.4. The zero-order chi connectivity index (χ0) is 12.0. The molecule has 16 heavy (non-hydrogen) atoms. The van der Waals surface area contributed by atoms with Gasteiger partial charge in [0.15, 0.2) is 0 Å². The first-order chi connectivity index (χ1) is 7.45. The van der Waals surface area contributed by atoms with Crippen molar-refractivity contribution < 1.29 is 9.59 Å². The maximum absolute atomic E-state index is 11.9. The van der Waals surface area contributed by atoms with E-state index in [2.05, 4.69) is 4.99 Å². The summed E-state index contributed by atoms with van der Waals surface area (Å²) in [5, 5.41) is 7.86. The third-order valence-electron chi connectivity index (χ3n) is 2.86. The number of aliphatic imine (C=N–C) groups is 1. The predicted molar refractivity (Wildman–Crippen MR) is 58.3 cm³/mol. The lowest BCUT2D eigenvalue weighted by Crippen LogP contribution is -2.59. The maximum atomic E-state index is 11.9. The summed E-state index contributed by atoms with van der Waals surface area (Å²) >= 11 is 0. The highest BCUT2D eigenvalue weighted by Gasteiger charge is 2.44. The number of urea groups is 1. The number of hydrogen-bond acceptors (Lipinski definition) is 4. The van der Waals surface area contributed by atoms with Gasteiger partial charge in [0.2, 0.25) is 5.91 Å². The molecule has 6 nitrogen and oxygen atoms in total. The van der Waals surface area contributed by atoms with Crippen molar-refractivity contribution in [2.24, 2.45) is 10.9 Å². The molecule has 2 aliphatic heterocycles. The van der Waals surface area contributed by atoms with Gasteiger partial charge in [-0.05, 0) is 12.5 Å². The molecule has 0 bridgehead atoms. The van der Waals surface area contributed by atoms with Crippen LogP contribution in [0.2, 0.25) is 0 Å². The van der Waals surface area contributed by atoms with E-state index in [-0.39, 0.29) is 11.6 Å². The van der Waals surface area contributed by atoms with E-state index in [0.717, 1.165) is 4.90 Å². The third-order valence-corrected chi connectivity index (χ3v) is 2.86. The Morgan fingerprint density at radius 2 is 1.94 bits per heavy atom. The van der Waals surface area contributed by atoms with Crippen molar-refractivity contribution in [1.29, 1.82) is 5.41 Å². The highest BCUT2D eigenvalue weighted by atomic mass is 16.2. The summed E-state index contributed by atoms with van der Waals surface area (Å²) in [6.45, 7) is 1.73. The molecule has 2 heterocycles. The largest absolute Gasteiger partial charge is 0.331 e. The zero-order valence-electron chi connectivity index (χ0n) is 9.31. The van der Waals surface area contributed by atoms with Gasteiger partial charge in [0.1, 0.15) is 11.8 Å². The van der Waals surface area contributed by atoms with Gasteiger partial charge in [-0.3, -0.25) is 14.6 Å². The first-order valence-corrected chi connectivity index (χ1v) is 4.83. The van der Waals surface area contributed by atoms with Crippen molar-refractivity contribution >= 4 is 23.5 Å². The average molecular weight is 220 g/mol. The molecule has 0 aromatic heterocycles. The Balaban J connectivity index is 2.53. The van der Waals surface area contributed by atoms with Crippen molar-refractivity contribution in [3.63, 3.8) is 0 Å². The third kappa shape index (κ3) is 1.19. The first kappa shape index (κ1) is 10.5. The molecule has 84 valence electrons. The Bertz CT molecular complexity index is 463. The minimum absolute atomic E-state index is 0.209. The number of amides is 3. The van der Waals surface area contributed by atoms with Crippen LogP contribution >= 0.6 is 0 Å². The van der Waals surface area contributed by atoms with E-state index < -0.39 is 11.9 Å². The number of rotatable bonds is 0. The Labute approximate surface area is 92.7 Å². The molecular weight excluding hydrogens is 208 g/mol. The molecule has 0 aromatic carbocycles. The lowest BCUT2D eigenvalue weighted by atomic mass is 9.91. The summed E-state index contributed by atoms with van der Waals surface area (Å²) in [5.74, 6) is -0.791. The van der Waals surface area contributed by atoms with Gasteiger partial charge in [-0.25, -0.2) is 9.79 Å². The molecule has 0 radical (unpaired) electrons. The van der Waals surface area contributed by atoms with E-state index in [1.165, 1.54) is 18.1 Å². The van der Waals surface area contributed by atoms with Crippen LogP contribution in [0.3, 0.4) is 0 Å². The van der Waals surface area contributed by atoms with Crippen LogP contribution in [0.1, 0.15) is 6.92 Å². The van der Waals surface area contributed by atoms with E-state index >= 15 is 0 Å². The van der Waals surface area contributed by atoms with Gasteiger partial charge in [0.25, 0.3) is 0 Å². The van der Waals surface area contributed by atoms with Crippen LogP contribution in [0.15, 0.2) is 16.8 Å². The molecule has 1 N–H and O–H groups in total. The van der Waals surface area contributed by atoms with Gasteiger partial charge in [0.05, 0.1) is 5.71 Å². The number of carbonyl (C=O) groups excluding carboxylic acids is 2. The van der Waals surface area contributed by atoms with Gasteiger partial charge < -0.3 is 5.41 Å². The van der Waals surface area contributed by atoms with Crippen LogP contribution in [-0.2, 0) is 4.79 Å². The van der Waals surface area contributed by atoms with Gasteiger partial charge in [-0.15, -0.1) is 0 Å². The quantitative estimate of drug-likeness (QED) is 0.643. The van der Waals surface area contributed by atoms with Crippen LogP contribution in [0.4, 0.5) is 4.79 Å². The molecule has 1 atom stereocenters. The molecule has 1 saturated heterocycles. The predicted octanol–water partition coefficient (Wildman–Crippen LogP) is 0.462. The van der Waals surface area contributed by atoms with E-state index in [9.17, 15) is 9.59 Å². The average Bonchev–Trinajstić information content (AvgIpc) is 2.27. The number of fused-ring (bicyclic) bond motifs is 1. The number of nitrogens with one attached hydrogen (secondary N) is 1. The Kier molecular flexibility index (Phi) is 2.15. The second kappa shape index (κ2) is 3.26.